The van der Waals surface area contributed by atoms with Gasteiger partial charge in [0.1, 0.15) is 6.10 Å². The lowest BCUT2D eigenvalue weighted by molar-refractivity contribution is -0.173. The van der Waals surface area contributed by atoms with Gasteiger partial charge in [0.05, 0.1) is 17.8 Å². The zero-order valence-electron chi connectivity index (χ0n) is 23.1. The molecule has 0 radical (unpaired) electrons. The topological polar surface area (TPSA) is 90.2 Å². The molecule has 11 atom stereocenters. The van der Waals surface area contributed by atoms with E-state index in [9.17, 15) is 20.4 Å². The summed E-state index contributed by atoms with van der Waals surface area (Å²) >= 11 is 0. The summed E-state index contributed by atoms with van der Waals surface area (Å²) in [4.78, 5) is 0. The Morgan fingerprint density at radius 3 is 2.34 bits per heavy atom. The second-order valence-electron chi connectivity index (χ2n) is 14.9. The highest BCUT2D eigenvalue weighted by atomic mass is 16.6. The third-order valence-electron chi connectivity index (χ3n) is 12.7. The van der Waals surface area contributed by atoms with E-state index < -0.39 is 24.1 Å². The first-order chi connectivity index (χ1) is 16.1. The molecular weight excluding hydrogens is 440 g/mol. The Bertz CT molecular complexity index is 874. The Morgan fingerprint density at radius 2 is 1.69 bits per heavy atom. The van der Waals surface area contributed by atoms with Crippen molar-refractivity contribution in [3.05, 3.63) is 11.6 Å². The summed E-state index contributed by atoms with van der Waals surface area (Å²) in [5.74, 6) is 1.39. The van der Waals surface area contributed by atoms with Crippen LogP contribution in [0.4, 0.5) is 0 Å². The zero-order chi connectivity index (χ0) is 25.8. The molecule has 1 saturated heterocycles. The molecule has 0 bridgehead atoms. The van der Waals surface area contributed by atoms with Crippen LogP contribution in [-0.2, 0) is 4.74 Å². The zero-order valence-corrected chi connectivity index (χ0v) is 23.1. The molecule has 4 aliphatic carbocycles. The molecule has 5 nitrogen and oxygen atoms in total. The van der Waals surface area contributed by atoms with Gasteiger partial charge in [-0.15, -0.1) is 0 Å². The predicted octanol–water partition coefficient (Wildman–Crippen LogP) is 4.81. The van der Waals surface area contributed by atoms with Crippen LogP contribution < -0.4 is 0 Å². The second kappa shape index (κ2) is 8.02. The van der Waals surface area contributed by atoms with Crippen LogP contribution in [0.15, 0.2) is 11.6 Å². The molecule has 200 valence electrons. The first-order valence-electron chi connectivity index (χ1n) is 14.2. The first-order valence-corrected chi connectivity index (χ1v) is 14.2. The molecule has 35 heavy (non-hydrogen) atoms. The number of rotatable bonds is 3. The molecule has 3 saturated carbocycles. The minimum atomic E-state index is -1.26. The maximum absolute atomic E-state index is 11.0. The number of aliphatic hydroxyl groups is 4. The third-order valence-corrected chi connectivity index (χ3v) is 12.7. The molecule has 0 aromatic carbocycles. The van der Waals surface area contributed by atoms with E-state index in [2.05, 4.69) is 40.7 Å². The van der Waals surface area contributed by atoms with Crippen molar-refractivity contribution in [2.24, 2.45) is 45.3 Å². The molecular formula is C30H50O5. The van der Waals surface area contributed by atoms with Crippen molar-refractivity contribution >= 4 is 0 Å². The molecule has 5 rings (SSSR count). The Labute approximate surface area is 212 Å². The van der Waals surface area contributed by atoms with Crippen LogP contribution in [0.3, 0.4) is 0 Å². The van der Waals surface area contributed by atoms with E-state index in [4.69, 9.17) is 4.74 Å². The van der Waals surface area contributed by atoms with Crippen molar-refractivity contribution in [3.63, 3.8) is 0 Å². The minimum absolute atomic E-state index is 0.0170. The molecule has 0 aromatic rings. The van der Waals surface area contributed by atoms with Gasteiger partial charge in [-0.25, -0.2) is 0 Å². The van der Waals surface area contributed by atoms with Gasteiger partial charge in [-0.3, -0.25) is 0 Å². The van der Waals surface area contributed by atoms with Crippen LogP contribution in [-0.4, -0.2) is 50.6 Å². The van der Waals surface area contributed by atoms with Gasteiger partial charge in [-0.05, 0) is 105 Å². The predicted molar refractivity (Wildman–Crippen MR) is 136 cm³/mol. The summed E-state index contributed by atoms with van der Waals surface area (Å²) < 4.78 is 5.87. The Balaban J connectivity index is 1.44. The van der Waals surface area contributed by atoms with Crippen molar-refractivity contribution in [2.45, 2.75) is 130 Å². The van der Waals surface area contributed by atoms with Gasteiger partial charge < -0.3 is 25.2 Å². The van der Waals surface area contributed by atoms with E-state index in [0.717, 1.165) is 38.5 Å². The summed E-state index contributed by atoms with van der Waals surface area (Å²) in [7, 11) is 0. The van der Waals surface area contributed by atoms with Gasteiger partial charge in [-0.1, -0.05) is 46.3 Å². The largest absolute Gasteiger partial charge is 0.393 e. The van der Waals surface area contributed by atoms with Gasteiger partial charge in [0, 0.05) is 5.92 Å². The van der Waals surface area contributed by atoms with E-state index in [1.54, 1.807) is 19.4 Å². The quantitative estimate of drug-likeness (QED) is 0.427. The average Bonchev–Trinajstić information content (AvgIpc) is 3.26. The molecule has 0 spiro atoms. The Kier molecular flexibility index (Phi) is 6.00. The van der Waals surface area contributed by atoms with E-state index in [1.165, 1.54) is 6.42 Å². The first kappa shape index (κ1) is 26.2. The van der Waals surface area contributed by atoms with E-state index in [-0.39, 0.29) is 33.7 Å². The lowest BCUT2D eigenvalue weighted by atomic mass is 9.41. The van der Waals surface area contributed by atoms with Gasteiger partial charge in [0.2, 0.25) is 0 Å². The van der Waals surface area contributed by atoms with Crippen molar-refractivity contribution in [3.8, 4) is 0 Å². The third kappa shape index (κ3) is 3.51. The van der Waals surface area contributed by atoms with Crippen molar-refractivity contribution in [1.29, 1.82) is 0 Å². The van der Waals surface area contributed by atoms with Crippen LogP contribution in [0.2, 0.25) is 0 Å². The smallest absolute Gasteiger partial charge is 0.158 e. The van der Waals surface area contributed by atoms with Crippen LogP contribution >= 0.6 is 0 Å². The number of fused-ring (bicyclic) bond motifs is 5. The van der Waals surface area contributed by atoms with E-state index >= 15 is 0 Å². The van der Waals surface area contributed by atoms with Crippen LogP contribution in [0.1, 0.15) is 99.8 Å². The van der Waals surface area contributed by atoms with Crippen molar-refractivity contribution < 1.29 is 25.2 Å². The molecule has 1 heterocycles. The fraction of sp³-hybridized carbons (Fsp3) is 0.933. The summed E-state index contributed by atoms with van der Waals surface area (Å²) in [5.41, 5.74) is 0.740. The standard InChI is InChI=1S/C30H50O5/c1-26(2)22-9-8-20-19(28(22,5)13-12-23(26)31)11-15-29(6)18(10-14-30(20,29)7)17-16-21(35-25(17)33)24(32)27(3,4)34/h8,17-19,21-25,31-34H,9-16H2,1-7H3/t17-,18-,19-,21+,22-,23-,24-,25+,28+,29-,30+/m0/s1. The number of ether oxygens (including phenoxy) is 1. The maximum Gasteiger partial charge on any atom is 0.158 e. The van der Waals surface area contributed by atoms with Gasteiger partial charge in [0.25, 0.3) is 0 Å². The Hall–Kier alpha value is -0.460. The fourth-order valence-electron chi connectivity index (χ4n) is 10.2. The highest BCUT2D eigenvalue weighted by molar-refractivity contribution is 5.33. The Morgan fingerprint density at radius 1 is 1.00 bits per heavy atom. The van der Waals surface area contributed by atoms with Crippen LogP contribution in [0.5, 0.6) is 0 Å². The molecule has 1 aliphatic heterocycles. The summed E-state index contributed by atoms with van der Waals surface area (Å²) in [6.45, 7) is 15.2. The van der Waals surface area contributed by atoms with E-state index in [1.807, 2.05) is 0 Å². The SMILES string of the molecule is CC(C)(O)[C@@H](O)[C@H]1C[C@@H]([C@@H]2CC[C@]3(C)C4=CC[C@H]5C(C)(C)[C@@H](O)CC[C@]5(C)[C@H]4CC[C@@]23C)[C@H](O)O1. The summed E-state index contributed by atoms with van der Waals surface area (Å²) in [5, 5.41) is 42.8. The normalized spacial score (nSPS) is 52.3. The van der Waals surface area contributed by atoms with Gasteiger partial charge >= 0.3 is 0 Å². The van der Waals surface area contributed by atoms with Crippen molar-refractivity contribution in [1.82, 2.24) is 0 Å². The van der Waals surface area contributed by atoms with E-state index in [0.29, 0.717) is 24.2 Å². The summed E-state index contributed by atoms with van der Waals surface area (Å²) in [6, 6.07) is 0. The number of hydrogen-bond donors (Lipinski definition) is 4. The highest BCUT2D eigenvalue weighted by Gasteiger charge is 2.66. The van der Waals surface area contributed by atoms with Crippen LogP contribution in [0.25, 0.3) is 0 Å². The number of hydrogen-bond acceptors (Lipinski definition) is 5. The number of aliphatic hydroxyl groups excluding tert-OH is 3. The van der Waals surface area contributed by atoms with Crippen LogP contribution in [0, 0.1) is 45.3 Å². The molecule has 0 amide bonds. The molecule has 5 heteroatoms. The minimum Gasteiger partial charge on any atom is -0.393 e. The van der Waals surface area contributed by atoms with Gasteiger partial charge in [-0.2, -0.15) is 0 Å². The summed E-state index contributed by atoms with van der Waals surface area (Å²) in [6.07, 6.45) is 8.08. The monoisotopic (exact) mass is 490 g/mol. The molecule has 5 aliphatic rings. The lowest BCUT2D eigenvalue weighted by Gasteiger charge is -2.64. The second-order valence-corrected chi connectivity index (χ2v) is 14.9. The lowest BCUT2D eigenvalue weighted by Crippen LogP contribution is -2.58. The molecule has 4 fully saturated rings. The molecule has 0 unspecified atom stereocenters. The van der Waals surface area contributed by atoms with Gasteiger partial charge in [0.15, 0.2) is 6.29 Å². The van der Waals surface area contributed by atoms with Crippen molar-refractivity contribution in [2.75, 3.05) is 0 Å². The maximum atomic E-state index is 11.0. The number of allylic oxidation sites excluding steroid dienone is 2. The highest BCUT2D eigenvalue weighted by Crippen LogP contribution is 2.73. The average molecular weight is 491 g/mol. The fourth-order valence-corrected chi connectivity index (χ4v) is 10.2. The molecule has 0 aromatic heterocycles. The molecule has 4 N–H and O–H groups in total.